The van der Waals surface area contributed by atoms with Crippen LogP contribution < -0.4 is 4.90 Å². The van der Waals surface area contributed by atoms with E-state index in [0.29, 0.717) is 10.8 Å². The molecule has 156 valence electrons. The molecule has 0 atom stereocenters. The normalized spacial score (nSPS) is 11.7. The number of carbonyl (C=O) groups is 1. The first-order valence-corrected chi connectivity index (χ1v) is 11.0. The first-order valence-electron chi connectivity index (χ1n) is 9.40. The minimum atomic E-state index is -0.970. The van der Waals surface area contributed by atoms with Crippen molar-refractivity contribution in [1.82, 2.24) is 4.98 Å². The third-order valence-electron chi connectivity index (χ3n) is 4.46. The van der Waals surface area contributed by atoms with Gasteiger partial charge in [-0.25, -0.2) is 9.78 Å². The molecule has 0 fully saturated rings. The van der Waals surface area contributed by atoms with E-state index in [1.54, 1.807) is 12.1 Å². The van der Waals surface area contributed by atoms with E-state index in [4.69, 9.17) is 5.11 Å². The Labute approximate surface area is 186 Å². The summed E-state index contributed by atoms with van der Waals surface area (Å²) in [6.45, 7) is 3.04. The molecule has 1 N–H and O–H groups in total. The SMILES string of the molecule is CCN(C)c1ccc(N=Nc2nc3sc(N=Nc4ccc(C(=O)O)cc4)cc3s2)cc1. The fourth-order valence-electron chi connectivity index (χ4n) is 2.64. The summed E-state index contributed by atoms with van der Waals surface area (Å²) in [5.74, 6) is -0.970. The molecule has 10 heteroatoms. The lowest BCUT2D eigenvalue weighted by molar-refractivity contribution is 0.0697. The number of hydrogen-bond donors (Lipinski definition) is 1. The molecule has 0 saturated heterocycles. The maximum absolute atomic E-state index is 10.9. The van der Waals surface area contributed by atoms with E-state index in [-0.39, 0.29) is 5.56 Å². The van der Waals surface area contributed by atoms with Crippen LogP contribution in [0.5, 0.6) is 0 Å². The summed E-state index contributed by atoms with van der Waals surface area (Å²) in [6.07, 6.45) is 0. The van der Waals surface area contributed by atoms with E-state index in [9.17, 15) is 4.79 Å². The zero-order valence-electron chi connectivity index (χ0n) is 16.8. The monoisotopic (exact) mass is 450 g/mol. The molecule has 0 aliphatic carbocycles. The molecule has 8 nitrogen and oxygen atoms in total. The van der Waals surface area contributed by atoms with Gasteiger partial charge in [-0.2, -0.15) is 0 Å². The lowest BCUT2D eigenvalue weighted by Crippen LogP contribution is -2.15. The van der Waals surface area contributed by atoms with Crippen LogP contribution >= 0.6 is 22.7 Å². The van der Waals surface area contributed by atoms with E-state index in [0.717, 1.165) is 32.5 Å². The molecule has 2 heterocycles. The molecule has 31 heavy (non-hydrogen) atoms. The van der Waals surface area contributed by atoms with Gasteiger partial charge in [0.2, 0.25) is 5.13 Å². The Hall–Kier alpha value is -3.50. The number of anilines is 1. The van der Waals surface area contributed by atoms with Gasteiger partial charge in [0.25, 0.3) is 0 Å². The van der Waals surface area contributed by atoms with Crippen LogP contribution in [0.1, 0.15) is 17.3 Å². The minimum Gasteiger partial charge on any atom is -0.478 e. The molecule has 2 aromatic carbocycles. The van der Waals surface area contributed by atoms with Gasteiger partial charge in [-0.15, -0.1) is 20.5 Å². The molecule has 0 aliphatic rings. The van der Waals surface area contributed by atoms with Gasteiger partial charge in [-0.3, -0.25) is 0 Å². The smallest absolute Gasteiger partial charge is 0.335 e. The number of fused-ring (bicyclic) bond motifs is 1. The lowest BCUT2D eigenvalue weighted by atomic mass is 10.2. The minimum absolute atomic E-state index is 0.214. The number of carboxylic acids is 1. The van der Waals surface area contributed by atoms with E-state index >= 15 is 0 Å². The second-order valence-electron chi connectivity index (χ2n) is 6.53. The predicted molar refractivity (Wildman–Crippen MR) is 125 cm³/mol. The molecule has 4 aromatic rings. The standard InChI is InChI=1S/C21H18N6O2S2/c1-3-27(2)16-10-8-15(9-11-16)24-26-21-22-19-17(30-21)12-18(31-19)25-23-14-6-4-13(5-7-14)20(28)29/h4-12H,3H2,1-2H3,(H,28,29). The number of thiophene rings is 1. The Morgan fingerprint density at radius 1 is 0.968 bits per heavy atom. The fourth-order valence-corrected chi connectivity index (χ4v) is 4.49. The van der Waals surface area contributed by atoms with Crippen molar-refractivity contribution in [3.05, 3.63) is 60.2 Å². The van der Waals surface area contributed by atoms with Gasteiger partial charge < -0.3 is 10.0 Å². The molecule has 0 unspecified atom stereocenters. The average Bonchev–Trinajstić information content (AvgIpc) is 3.34. The van der Waals surface area contributed by atoms with Crippen molar-refractivity contribution in [2.24, 2.45) is 20.5 Å². The number of rotatable bonds is 7. The first-order chi connectivity index (χ1) is 15.0. The highest BCUT2D eigenvalue weighted by atomic mass is 32.1. The molecule has 4 rings (SSSR count). The van der Waals surface area contributed by atoms with Crippen molar-refractivity contribution in [3.8, 4) is 0 Å². The van der Waals surface area contributed by atoms with Crippen LogP contribution in [0.4, 0.5) is 27.2 Å². The summed E-state index contributed by atoms with van der Waals surface area (Å²) in [5, 5.41) is 27.1. The van der Waals surface area contributed by atoms with E-state index < -0.39 is 5.97 Å². The lowest BCUT2D eigenvalue weighted by Gasteiger charge is -2.16. The second kappa shape index (κ2) is 9.11. The number of azo groups is 2. The van der Waals surface area contributed by atoms with Crippen molar-refractivity contribution in [2.75, 3.05) is 18.5 Å². The second-order valence-corrected chi connectivity index (χ2v) is 8.55. The number of carboxylic acid groups (broad SMARTS) is 1. The zero-order chi connectivity index (χ0) is 21.8. The highest BCUT2D eigenvalue weighted by molar-refractivity contribution is 7.30. The van der Waals surface area contributed by atoms with Gasteiger partial charge in [0.1, 0.15) is 9.83 Å². The molecule has 0 spiro atoms. The topological polar surface area (TPSA) is 103 Å². The van der Waals surface area contributed by atoms with Crippen LogP contribution in [-0.2, 0) is 0 Å². The van der Waals surface area contributed by atoms with Crippen LogP contribution in [0.3, 0.4) is 0 Å². The molecule has 0 saturated carbocycles. The number of aromatic nitrogens is 1. The van der Waals surface area contributed by atoms with Crippen LogP contribution in [0, 0.1) is 0 Å². The number of thiazole rings is 1. The van der Waals surface area contributed by atoms with E-state index in [1.807, 2.05) is 37.4 Å². The quantitative estimate of drug-likeness (QED) is 0.297. The predicted octanol–water partition coefficient (Wildman–Crippen LogP) is 7.34. The van der Waals surface area contributed by atoms with Crippen molar-refractivity contribution in [1.29, 1.82) is 0 Å². The van der Waals surface area contributed by atoms with Crippen molar-refractivity contribution < 1.29 is 9.90 Å². The van der Waals surface area contributed by atoms with Crippen molar-refractivity contribution in [3.63, 3.8) is 0 Å². The average molecular weight is 451 g/mol. The van der Waals surface area contributed by atoms with E-state index in [1.165, 1.54) is 34.8 Å². The van der Waals surface area contributed by atoms with Crippen LogP contribution in [0.2, 0.25) is 0 Å². The largest absolute Gasteiger partial charge is 0.478 e. The molecule has 0 amide bonds. The van der Waals surface area contributed by atoms with Gasteiger partial charge in [0, 0.05) is 19.3 Å². The summed E-state index contributed by atoms with van der Waals surface area (Å²) in [6, 6.07) is 16.0. The van der Waals surface area contributed by atoms with Gasteiger partial charge >= 0.3 is 5.97 Å². The number of nitrogens with zero attached hydrogens (tertiary/aromatic N) is 6. The first kappa shape index (κ1) is 20.8. The molecular formula is C21H18N6O2S2. The van der Waals surface area contributed by atoms with Gasteiger partial charge in [0.05, 0.1) is 21.6 Å². The number of benzene rings is 2. The Balaban J connectivity index is 1.43. The highest BCUT2D eigenvalue weighted by Gasteiger charge is 2.08. The summed E-state index contributed by atoms with van der Waals surface area (Å²) in [4.78, 5) is 18.4. The Morgan fingerprint density at radius 2 is 1.61 bits per heavy atom. The Bertz CT molecular complexity index is 1230. The van der Waals surface area contributed by atoms with Crippen LogP contribution in [0.25, 0.3) is 9.53 Å². The van der Waals surface area contributed by atoms with E-state index in [2.05, 4.69) is 37.3 Å². The van der Waals surface area contributed by atoms with Crippen molar-refractivity contribution in [2.45, 2.75) is 6.92 Å². The number of hydrogen-bond acceptors (Lipinski definition) is 9. The molecule has 0 bridgehead atoms. The van der Waals surface area contributed by atoms with Gasteiger partial charge in [-0.1, -0.05) is 22.7 Å². The van der Waals surface area contributed by atoms with Gasteiger partial charge in [0.15, 0.2) is 0 Å². The molecule has 2 aromatic heterocycles. The summed E-state index contributed by atoms with van der Waals surface area (Å²) in [7, 11) is 2.04. The van der Waals surface area contributed by atoms with Crippen LogP contribution in [-0.4, -0.2) is 29.7 Å². The highest BCUT2D eigenvalue weighted by Crippen LogP contribution is 2.39. The summed E-state index contributed by atoms with van der Waals surface area (Å²) >= 11 is 2.85. The maximum Gasteiger partial charge on any atom is 0.335 e. The Kier molecular flexibility index (Phi) is 6.10. The third-order valence-corrected chi connectivity index (χ3v) is 6.39. The fraction of sp³-hybridized carbons (Fsp3) is 0.143. The summed E-state index contributed by atoms with van der Waals surface area (Å²) in [5.41, 5.74) is 2.71. The zero-order valence-corrected chi connectivity index (χ0v) is 18.4. The Morgan fingerprint density at radius 3 is 2.23 bits per heavy atom. The third kappa shape index (κ3) is 4.98. The molecular weight excluding hydrogens is 432 g/mol. The molecule has 0 radical (unpaired) electrons. The van der Waals surface area contributed by atoms with Gasteiger partial charge in [-0.05, 0) is 61.5 Å². The number of aromatic carboxylic acids is 1. The van der Waals surface area contributed by atoms with Crippen molar-refractivity contribution >= 4 is 65.4 Å². The maximum atomic E-state index is 10.9. The molecule has 0 aliphatic heterocycles. The van der Waals surface area contributed by atoms with Crippen LogP contribution in [0.15, 0.2) is 75.1 Å². The summed E-state index contributed by atoms with van der Waals surface area (Å²) < 4.78 is 0.967.